The second kappa shape index (κ2) is 5.46. The molecule has 0 atom stereocenters. The van der Waals surface area contributed by atoms with Gasteiger partial charge >= 0.3 is 6.18 Å². The lowest BCUT2D eigenvalue weighted by Gasteiger charge is -2.10. The first-order valence-corrected chi connectivity index (χ1v) is 6.62. The molecule has 114 valence electrons. The summed E-state index contributed by atoms with van der Waals surface area (Å²) in [7, 11) is 1.35. The second-order valence-electron chi connectivity index (χ2n) is 4.85. The first-order valence-electron chi connectivity index (χ1n) is 6.62. The molecule has 6 heteroatoms. The average molecular weight is 306 g/mol. The molecule has 0 bridgehead atoms. The van der Waals surface area contributed by atoms with Crippen LogP contribution in [-0.2, 0) is 17.6 Å². The van der Waals surface area contributed by atoms with Gasteiger partial charge in [-0.3, -0.25) is 4.57 Å². The number of fused-ring (bicyclic) bond motifs is 1. The Hall–Kier alpha value is -2.34. The van der Waals surface area contributed by atoms with Crippen molar-refractivity contribution in [2.45, 2.75) is 12.9 Å². The lowest BCUT2D eigenvalue weighted by molar-refractivity contribution is -0.148. The van der Waals surface area contributed by atoms with Crippen LogP contribution in [0.4, 0.5) is 13.2 Å². The molecule has 0 aliphatic rings. The summed E-state index contributed by atoms with van der Waals surface area (Å²) < 4.78 is 45.2. The van der Waals surface area contributed by atoms with Crippen molar-refractivity contribution in [3.63, 3.8) is 0 Å². The van der Waals surface area contributed by atoms with Crippen molar-refractivity contribution < 1.29 is 17.9 Å². The molecule has 3 nitrogen and oxygen atoms in total. The molecule has 0 N–H and O–H groups in total. The van der Waals surface area contributed by atoms with Crippen LogP contribution in [0.3, 0.4) is 0 Å². The van der Waals surface area contributed by atoms with Crippen LogP contribution in [0.25, 0.3) is 22.2 Å². The molecule has 0 unspecified atom stereocenters. The van der Waals surface area contributed by atoms with Crippen LogP contribution >= 0.6 is 0 Å². The number of hydrogen-bond acceptors (Lipinski definition) is 2. The lowest BCUT2D eigenvalue weighted by atomic mass is 10.1. The van der Waals surface area contributed by atoms with Gasteiger partial charge in [0.2, 0.25) is 5.82 Å². The number of alkyl halides is 3. The Labute approximate surface area is 125 Å². The molecule has 3 rings (SSSR count). The fraction of sp³-hybridized carbons (Fsp3) is 0.188. The van der Waals surface area contributed by atoms with Crippen molar-refractivity contribution in [2.24, 2.45) is 0 Å². The van der Waals surface area contributed by atoms with Crippen LogP contribution in [0.2, 0.25) is 0 Å². The Bertz CT molecular complexity index is 794. The Balaban J connectivity index is 2.18. The predicted molar refractivity (Wildman–Crippen MR) is 77.2 cm³/mol. The van der Waals surface area contributed by atoms with E-state index in [1.54, 1.807) is 18.2 Å². The highest BCUT2D eigenvalue weighted by Gasteiger charge is 2.37. The molecular formula is C16H13F3N2O. The average Bonchev–Trinajstić information content (AvgIpc) is 2.87. The SMILES string of the molecule is COCn1c(C(F)(F)F)nc2cc(-c3ccccc3)ccc21. The number of nitrogens with zero attached hydrogens (tertiary/aromatic N) is 2. The molecule has 3 aromatic rings. The first-order chi connectivity index (χ1) is 10.5. The van der Waals surface area contributed by atoms with Gasteiger partial charge in [-0.25, -0.2) is 4.98 Å². The Morgan fingerprint density at radius 1 is 1.05 bits per heavy atom. The van der Waals surface area contributed by atoms with E-state index < -0.39 is 12.0 Å². The summed E-state index contributed by atoms with van der Waals surface area (Å²) >= 11 is 0. The molecule has 22 heavy (non-hydrogen) atoms. The zero-order valence-corrected chi connectivity index (χ0v) is 11.8. The maximum atomic E-state index is 13.1. The third-order valence-electron chi connectivity index (χ3n) is 3.37. The van der Waals surface area contributed by atoms with Crippen LogP contribution in [0, 0.1) is 0 Å². The summed E-state index contributed by atoms with van der Waals surface area (Å²) in [5, 5.41) is 0. The molecule has 0 saturated carbocycles. The highest BCUT2D eigenvalue weighted by molar-refractivity contribution is 5.82. The van der Waals surface area contributed by atoms with E-state index in [1.165, 1.54) is 7.11 Å². The molecule has 0 fully saturated rings. The number of hydrogen-bond donors (Lipinski definition) is 0. The highest BCUT2D eigenvalue weighted by atomic mass is 19.4. The van der Waals surface area contributed by atoms with E-state index in [4.69, 9.17) is 4.74 Å². The van der Waals surface area contributed by atoms with Crippen molar-refractivity contribution in [3.05, 3.63) is 54.4 Å². The van der Waals surface area contributed by atoms with E-state index in [2.05, 4.69) is 4.98 Å². The van der Waals surface area contributed by atoms with Crippen molar-refractivity contribution in [3.8, 4) is 11.1 Å². The van der Waals surface area contributed by atoms with E-state index in [-0.39, 0.29) is 6.73 Å². The third-order valence-corrected chi connectivity index (χ3v) is 3.37. The number of rotatable bonds is 3. The topological polar surface area (TPSA) is 27.1 Å². The predicted octanol–water partition coefficient (Wildman–Crippen LogP) is 4.33. The van der Waals surface area contributed by atoms with Crippen LogP contribution in [0.15, 0.2) is 48.5 Å². The maximum absolute atomic E-state index is 13.1. The number of imidazole rings is 1. The smallest absolute Gasteiger partial charge is 0.364 e. The fourth-order valence-corrected chi connectivity index (χ4v) is 2.42. The zero-order chi connectivity index (χ0) is 15.7. The van der Waals surface area contributed by atoms with Crippen LogP contribution in [-0.4, -0.2) is 16.7 Å². The van der Waals surface area contributed by atoms with Crippen LogP contribution in [0.5, 0.6) is 0 Å². The van der Waals surface area contributed by atoms with Gasteiger partial charge in [-0.05, 0) is 23.3 Å². The summed E-state index contributed by atoms with van der Waals surface area (Å²) in [5.74, 6) is -0.949. The fourth-order valence-electron chi connectivity index (χ4n) is 2.42. The number of ether oxygens (including phenoxy) is 1. The van der Waals surface area contributed by atoms with Crippen LogP contribution < -0.4 is 0 Å². The minimum atomic E-state index is -4.52. The highest BCUT2D eigenvalue weighted by Crippen LogP contribution is 2.33. The van der Waals surface area contributed by atoms with Crippen molar-refractivity contribution in [1.29, 1.82) is 0 Å². The van der Waals surface area contributed by atoms with Gasteiger partial charge in [0.25, 0.3) is 0 Å². The Morgan fingerprint density at radius 2 is 1.77 bits per heavy atom. The molecular weight excluding hydrogens is 293 g/mol. The van der Waals surface area contributed by atoms with Crippen molar-refractivity contribution in [2.75, 3.05) is 7.11 Å². The minimum Gasteiger partial charge on any atom is -0.364 e. The van der Waals surface area contributed by atoms with Gasteiger partial charge in [0.15, 0.2) is 0 Å². The standard InChI is InChI=1S/C16H13F3N2O/c1-22-10-21-14-8-7-12(11-5-3-2-4-6-11)9-13(14)20-15(21)16(17,18)19/h2-9H,10H2,1H3. The van der Waals surface area contributed by atoms with Crippen molar-refractivity contribution >= 4 is 11.0 Å². The molecule has 1 aromatic heterocycles. The number of benzene rings is 2. The molecule has 0 saturated heterocycles. The number of halogens is 3. The van der Waals surface area contributed by atoms with Gasteiger partial charge in [0.05, 0.1) is 11.0 Å². The first kappa shape index (κ1) is 14.6. The normalized spacial score (nSPS) is 12.0. The molecule has 0 aliphatic carbocycles. The summed E-state index contributed by atoms with van der Waals surface area (Å²) in [6, 6.07) is 14.5. The molecule has 1 heterocycles. The van der Waals surface area contributed by atoms with Gasteiger partial charge in [-0.15, -0.1) is 0 Å². The molecule has 0 aliphatic heterocycles. The van der Waals surface area contributed by atoms with Gasteiger partial charge in [-0.1, -0.05) is 36.4 Å². The maximum Gasteiger partial charge on any atom is 0.449 e. The lowest BCUT2D eigenvalue weighted by Crippen LogP contribution is -2.15. The summed E-state index contributed by atoms with van der Waals surface area (Å²) in [5.41, 5.74) is 2.45. The van der Waals surface area contributed by atoms with Gasteiger partial charge in [0, 0.05) is 7.11 Å². The van der Waals surface area contributed by atoms with E-state index in [0.29, 0.717) is 11.0 Å². The van der Waals surface area contributed by atoms with Crippen LogP contribution in [0.1, 0.15) is 5.82 Å². The van der Waals surface area contributed by atoms with Gasteiger partial charge in [-0.2, -0.15) is 13.2 Å². The largest absolute Gasteiger partial charge is 0.449 e. The third kappa shape index (κ3) is 2.57. The zero-order valence-electron chi connectivity index (χ0n) is 11.8. The van der Waals surface area contributed by atoms with Gasteiger partial charge in [0.1, 0.15) is 6.73 Å². The summed E-state index contributed by atoms with van der Waals surface area (Å²) in [4.78, 5) is 3.75. The molecule has 2 aromatic carbocycles. The van der Waals surface area contributed by atoms with E-state index in [0.717, 1.165) is 15.7 Å². The number of methoxy groups -OCH3 is 1. The monoisotopic (exact) mass is 306 g/mol. The van der Waals surface area contributed by atoms with E-state index >= 15 is 0 Å². The molecule has 0 spiro atoms. The van der Waals surface area contributed by atoms with Crippen molar-refractivity contribution in [1.82, 2.24) is 9.55 Å². The summed E-state index contributed by atoms with van der Waals surface area (Å²) in [6.45, 7) is -0.198. The Kier molecular flexibility index (Phi) is 3.62. The van der Waals surface area contributed by atoms with E-state index in [1.807, 2.05) is 30.3 Å². The van der Waals surface area contributed by atoms with E-state index in [9.17, 15) is 13.2 Å². The second-order valence-corrected chi connectivity index (χ2v) is 4.85. The molecule has 0 radical (unpaired) electrons. The minimum absolute atomic E-state index is 0.198. The quantitative estimate of drug-likeness (QED) is 0.720. The number of aromatic nitrogens is 2. The van der Waals surface area contributed by atoms with Gasteiger partial charge < -0.3 is 4.74 Å². The Morgan fingerprint density at radius 3 is 2.41 bits per heavy atom. The molecule has 0 amide bonds. The summed E-state index contributed by atoms with van der Waals surface area (Å²) in [6.07, 6.45) is -4.52.